The lowest BCUT2D eigenvalue weighted by atomic mass is 9.84. The molecule has 52 valence electrons. The van der Waals surface area contributed by atoms with Crippen LogP contribution in [0.1, 0.15) is 20.3 Å². The third-order valence-corrected chi connectivity index (χ3v) is 2.28. The molecule has 1 heteroatoms. The molecule has 0 spiro atoms. The second-order valence-corrected chi connectivity index (χ2v) is 2.99. The zero-order valence-corrected chi connectivity index (χ0v) is 6.04. The van der Waals surface area contributed by atoms with Gasteiger partial charge in [0.05, 0.1) is 6.10 Å². The van der Waals surface area contributed by atoms with Gasteiger partial charge in [0.1, 0.15) is 0 Å². The fourth-order valence-corrected chi connectivity index (χ4v) is 1.16. The van der Waals surface area contributed by atoms with Crippen LogP contribution in [0.15, 0.2) is 12.2 Å². The summed E-state index contributed by atoms with van der Waals surface area (Å²) < 4.78 is 0. The van der Waals surface area contributed by atoms with Crippen molar-refractivity contribution in [2.75, 3.05) is 0 Å². The minimum atomic E-state index is -0.200. The van der Waals surface area contributed by atoms with E-state index in [4.69, 9.17) is 0 Å². The first-order valence-corrected chi connectivity index (χ1v) is 3.56. The summed E-state index contributed by atoms with van der Waals surface area (Å²) in [6.07, 6.45) is 4.88. The van der Waals surface area contributed by atoms with Gasteiger partial charge in [-0.1, -0.05) is 26.0 Å². The van der Waals surface area contributed by atoms with Crippen molar-refractivity contribution in [1.29, 1.82) is 0 Å². The number of rotatable bonds is 0. The molecule has 0 saturated heterocycles. The van der Waals surface area contributed by atoms with Crippen LogP contribution in [-0.2, 0) is 0 Å². The predicted molar refractivity (Wildman–Crippen MR) is 38.1 cm³/mol. The van der Waals surface area contributed by atoms with E-state index in [1.807, 2.05) is 6.08 Å². The normalized spacial score (nSPS) is 43.2. The van der Waals surface area contributed by atoms with E-state index in [1.165, 1.54) is 0 Å². The van der Waals surface area contributed by atoms with Crippen molar-refractivity contribution < 1.29 is 5.11 Å². The van der Waals surface area contributed by atoms with Crippen molar-refractivity contribution in [2.24, 2.45) is 11.8 Å². The summed E-state index contributed by atoms with van der Waals surface area (Å²) in [6, 6.07) is 0. The molecule has 9 heavy (non-hydrogen) atoms. The molecule has 0 radical (unpaired) electrons. The number of hydrogen-bond donors (Lipinski definition) is 1. The molecule has 1 aliphatic rings. The summed E-state index contributed by atoms with van der Waals surface area (Å²) in [4.78, 5) is 0. The Bertz CT molecular complexity index is 118. The first-order chi connectivity index (χ1) is 4.22. The summed E-state index contributed by atoms with van der Waals surface area (Å²) >= 11 is 0. The van der Waals surface area contributed by atoms with Gasteiger partial charge in [-0.05, 0) is 18.3 Å². The number of aliphatic hydroxyl groups excluding tert-OH is 1. The van der Waals surface area contributed by atoms with Gasteiger partial charge in [-0.15, -0.1) is 0 Å². The maximum absolute atomic E-state index is 9.26. The average molecular weight is 126 g/mol. The Balaban J connectivity index is 2.58. The fourth-order valence-electron chi connectivity index (χ4n) is 1.16. The molecular formula is C8H14O. The van der Waals surface area contributed by atoms with Crippen LogP contribution in [0.3, 0.4) is 0 Å². The van der Waals surface area contributed by atoms with Crippen molar-refractivity contribution in [2.45, 2.75) is 26.4 Å². The molecule has 0 aromatic heterocycles. The SMILES string of the molecule is CC1CC=CC(O)C1C. The first kappa shape index (κ1) is 6.81. The van der Waals surface area contributed by atoms with Crippen molar-refractivity contribution in [3.8, 4) is 0 Å². The van der Waals surface area contributed by atoms with Gasteiger partial charge in [0.25, 0.3) is 0 Å². The van der Waals surface area contributed by atoms with Crippen molar-refractivity contribution >= 4 is 0 Å². The van der Waals surface area contributed by atoms with Crippen LogP contribution in [0.5, 0.6) is 0 Å². The Labute approximate surface area is 56.4 Å². The third-order valence-electron chi connectivity index (χ3n) is 2.28. The molecule has 0 saturated carbocycles. The molecule has 1 N–H and O–H groups in total. The molecule has 3 atom stereocenters. The molecule has 1 rings (SSSR count). The van der Waals surface area contributed by atoms with Crippen molar-refractivity contribution in [3.05, 3.63) is 12.2 Å². The lowest BCUT2D eigenvalue weighted by Gasteiger charge is -2.25. The Hall–Kier alpha value is -0.300. The second-order valence-electron chi connectivity index (χ2n) is 2.99. The zero-order valence-electron chi connectivity index (χ0n) is 6.04. The first-order valence-electron chi connectivity index (χ1n) is 3.56. The van der Waals surface area contributed by atoms with Crippen LogP contribution in [0, 0.1) is 11.8 Å². The Kier molecular flexibility index (Phi) is 1.91. The van der Waals surface area contributed by atoms with Gasteiger partial charge >= 0.3 is 0 Å². The molecule has 0 aromatic rings. The zero-order chi connectivity index (χ0) is 6.85. The van der Waals surface area contributed by atoms with E-state index in [2.05, 4.69) is 19.9 Å². The van der Waals surface area contributed by atoms with Gasteiger partial charge in [0.15, 0.2) is 0 Å². The van der Waals surface area contributed by atoms with Crippen LogP contribution >= 0.6 is 0 Å². The van der Waals surface area contributed by atoms with E-state index in [-0.39, 0.29) is 6.10 Å². The Morgan fingerprint density at radius 2 is 2.11 bits per heavy atom. The van der Waals surface area contributed by atoms with E-state index >= 15 is 0 Å². The minimum absolute atomic E-state index is 0.200. The van der Waals surface area contributed by atoms with Crippen molar-refractivity contribution in [1.82, 2.24) is 0 Å². The largest absolute Gasteiger partial charge is 0.389 e. The molecule has 0 heterocycles. The summed E-state index contributed by atoms with van der Waals surface area (Å²) in [5.41, 5.74) is 0. The van der Waals surface area contributed by atoms with Gasteiger partial charge in [-0.25, -0.2) is 0 Å². The van der Waals surface area contributed by atoms with E-state index in [1.54, 1.807) is 0 Å². The van der Waals surface area contributed by atoms with E-state index < -0.39 is 0 Å². The van der Waals surface area contributed by atoms with E-state index in [0.29, 0.717) is 11.8 Å². The summed E-state index contributed by atoms with van der Waals surface area (Å²) in [5.74, 6) is 1.08. The summed E-state index contributed by atoms with van der Waals surface area (Å²) in [7, 11) is 0. The topological polar surface area (TPSA) is 20.2 Å². The monoisotopic (exact) mass is 126 g/mol. The van der Waals surface area contributed by atoms with Gasteiger partial charge in [0, 0.05) is 0 Å². The van der Waals surface area contributed by atoms with Gasteiger partial charge in [-0.2, -0.15) is 0 Å². The van der Waals surface area contributed by atoms with Crippen LogP contribution in [0.4, 0.5) is 0 Å². The van der Waals surface area contributed by atoms with Crippen LogP contribution in [0.2, 0.25) is 0 Å². The molecule has 3 unspecified atom stereocenters. The number of allylic oxidation sites excluding steroid dienone is 1. The van der Waals surface area contributed by atoms with E-state index in [0.717, 1.165) is 6.42 Å². The predicted octanol–water partition coefficient (Wildman–Crippen LogP) is 1.58. The summed E-state index contributed by atoms with van der Waals surface area (Å²) in [5, 5.41) is 9.26. The Morgan fingerprint density at radius 3 is 2.56 bits per heavy atom. The molecule has 0 aromatic carbocycles. The van der Waals surface area contributed by atoms with Crippen molar-refractivity contribution in [3.63, 3.8) is 0 Å². The molecular weight excluding hydrogens is 112 g/mol. The Morgan fingerprint density at radius 1 is 1.44 bits per heavy atom. The molecule has 0 amide bonds. The lowest BCUT2D eigenvalue weighted by Crippen LogP contribution is -2.24. The highest BCUT2D eigenvalue weighted by atomic mass is 16.3. The molecule has 1 aliphatic carbocycles. The molecule has 0 fully saturated rings. The highest BCUT2D eigenvalue weighted by Crippen LogP contribution is 2.24. The number of aliphatic hydroxyl groups is 1. The van der Waals surface area contributed by atoms with Crippen LogP contribution < -0.4 is 0 Å². The second kappa shape index (κ2) is 2.53. The molecule has 0 bridgehead atoms. The lowest BCUT2D eigenvalue weighted by molar-refractivity contribution is 0.121. The maximum atomic E-state index is 9.26. The molecule has 0 aliphatic heterocycles. The average Bonchev–Trinajstić information content (AvgIpc) is 1.83. The highest BCUT2D eigenvalue weighted by Gasteiger charge is 2.20. The van der Waals surface area contributed by atoms with Gasteiger partial charge in [-0.3, -0.25) is 0 Å². The van der Waals surface area contributed by atoms with Crippen LogP contribution in [0.25, 0.3) is 0 Å². The summed E-state index contributed by atoms with van der Waals surface area (Å²) in [6.45, 7) is 4.27. The van der Waals surface area contributed by atoms with Gasteiger partial charge < -0.3 is 5.11 Å². The number of hydrogen-bond acceptors (Lipinski definition) is 1. The quantitative estimate of drug-likeness (QED) is 0.488. The third kappa shape index (κ3) is 1.33. The highest BCUT2D eigenvalue weighted by molar-refractivity contribution is 4.98. The van der Waals surface area contributed by atoms with Gasteiger partial charge in [0.2, 0.25) is 0 Å². The molecule has 1 nitrogen and oxygen atoms in total. The van der Waals surface area contributed by atoms with E-state index in [9.17, 15) is 5.11 Å². The fraction of sp³-hybridized carbons (Fsp3) is 0.750. The van der Waals surface area contributed by atoms with Crippen LogP contribution in [-0.4, -0.2) is 11.2 Å². The smallest absolute Gasteiger partial charge is 0.0749 e. The standard InChI is InChI=1S/C8H14O/c1-6-4-3-5-8(9)7(6)2/h3,5-9H,4H2,1-2H3. The minimum Gasteiger partial charge on any atom is -0.389 e. The maximum Gasteiger partial charge on any atom is 0.0749 e.